The first-order chi connectivity index (χ1) is 20.5. The van der Waals surface area contributed by atoms with Gasteiger partial charge in [-0.2, -0.15) is 0 Å². The Kier molecular flexibility index (Phi) is 5.52. The summed E-state index contributed by atoms with van der Waals surface area (Å²) in [6.07, 6.45) is 0.985. The van der Waals surface area contributed by atoms with E-state index < -0.39 is 0 Å². The van der Waals surface area contributed by atoms with Crippen LogP contribution in [0, 0.1) is 0 Å². The molecule has 0 atom stereocenters. The molecule has 0 unspecified atom stereocenters. The minimum Gasteiger partial charge on any atom is -0.344 e. The van der Waals surface area contributed by atoms with Crippen molar-refractivity contribution in [2.45, 2.75) is 25.7 Å². The SMILES string of the molecule is CN(c1ccc2c(c1)-c1c(cccc1-c1ccccc1)C2)c1ccccc1-c1ccc2c(c1)-c1ccccc1C2(C)C. The Morgan fingerprint density at radius 2 is 1.21 bits per heavy atom. The molecule has 0 saturated carbocycles. The average Bonchev–Trinajstić information content (AvgIpc) is 3.53. The van der Waals surface area contributed by atoms with Gasteiger partial charge in [-0.05, 0) is 91.9 Å². The van der Waals surface area contributed by atoms with Gasteiger partial charge in [-0.1, -0.05) is 123 Å². The van der Waals surface area contributed by atoms with Crippen molar-refractivity contribution in [2.24, 2.45) is 0 Å². The van der Waals surface area contributed by atoms with Gasteiger partial charge in [0.05, 0.1) is 0 Å². The third kappa shape index (κ3) is 3.70. The predicted octanol–water partition coefficient (Wildman–Crippen LogP) is 10.7. The Morgan fingerprint density at radius 3 is 2.07 bits per heavy atom. The van der Waals surface area contributed by atoms with Crippen LogP contribution in [0.15, 0.2) is 133 Å². The van der Waals surface area contributed by atoms with Crippen LogP contribution in [0.4, 0.5) is 11.4 Å². The van der Waals surface area contributed by atoms with Crippen molar-refractivity contribution < 1.29 is 0 Å². The first-order valence-corrected chi connectivity index (χ1v) is 14.9. The van der Waals surface area contributed by atoms with Crippen molar-refractivity contribution in [3.8, 4) is 44.5 Å². The van der Waals surface area contributed by atoms with Crippen molar-refractivity contribution in [3.63, 3.8) is 0 Å². The molecule has 0 amide bonds. The van der Waals surface area contributed by atoms with E-state index in [9.17, 15) is 0 Å². The molecule has 0 spiro atoms. The largest absolute Gasteiger partial charge is 0.344 e. The van der Waals surface area contributed by atoms with Gasteiger partial charge in [0.15, 0.2) is 0 Å². The van der Waals surface area contributed by atoms with Crippen LogP contribution in [0.2, 0.25) is 0 Å². The third-order valence-electron chi connectivity index (χ3n) is 9.53. The van der Waals surface area contributed by atoms with Crippen molar-refractivity contribution >= 4 is 11.4 Å². The highest BCUT2D eigenvalue weighted by molar-refractivity contribution is 5.93. The second kappa shape index (κ2) is 9.33. The quantitative estimate of drug-likeness (QED) is 0.215. The fourth-order valence-electron chi connectivity index (χ4n) is 7.33. The van der Waals surface area contributed by atoms with Gasteiger partial charge in [0.25, 0.3) is 0 Å². The maximum Gasteiger partial charge on any atom is 0.0487 e. The highest BCUT2D eigenvalue weighted by Crippen LogP contribution is 2.50. The summed E-state index contributed by atoms with van der Waals surface area (Å²) >= 11 is 0. The van der Waals surface area contributed by atoms with Gasteiger partial charge in [0.2, 0.25) is 0 Å². The minimum absolute atomic E-state index is 0.0140. The van der Waals surface area contributed by atoms with E-state index in [-0.39, 0.29) is 5.41 Å². The van der Waals surface area contributed by atoms with Gasteiger partial charge >= 0.3 is 0 Å². The van der Waals surface area contributed by atoms with Crippen molar-refractivity contribution in [3.05, 3.63) is 156 Å². The summed E-state index contributed by atoms with van der Waals surface area (Å²) in [5.41, 5.74) is 18.6. The van der Waals surface area contributed by atoms with Crippen molar-refractivity contribution in [2.75, 3.05) is 11.9 Å². The Balaban J connectivity index is 1.21. The van der Waals surface area contributed by atoms with E-state index in [1.54, 1.807) is 0 Å². The Bertz CT molecular complexity index is 2000. The number of hydrogen-bond acceptors (Lipinski definition) is 1. The van der Waals surface area contributed by atoms with Gasteiger partial charge in [0.1, 0.15) is 0 Å². The van der Waals surface area contributed by atoms with Crippen LogP contribution in [0.25, 0.3) is 44.5 Å². The Hall–Kier alpha value is -4.88. The number of fused-ring (bicyclic) bond motifs is 6. The monoisotopic (exact) mass is 539 g/mol. The summed E-state index contributed by atoms with van der Waals surface area (Å²) in [4.78, 5) is 2.35. The first-order valence-electron chi connectivity index (χ1n) is 14.9. The number of hydrogen-bond donors (Lipinski definition) is 0. The number of rotatable bonds is 4. The van der Waals surface area contributed by atoms with Gasteiger partial charge in [-0.25, -0.2) is 0 Å². The van der Waals surface area contributed by atoms with Crippen LogP contribution in [0.5, 0.6) is 0 Å². The van der Waals surface area contributed by atoms with Crippen LogP contribution in [0.1, 0.15) is 36.1 Å². The van der Waals surface area contributed by atoms with E-state index in [0.29, 0.717) is 0 Å². The van der Waals surface area contributed by atoms with E-state index in [0.717, 1.165) is 6.42 Å². The summed E-state index contributed by atoms with van der Waals surface area (Å²) in [6, 6.07) is 49.3. The molecule has 0 bridgehead atoms. The lowest BCUT2D eigenvalue weighted by Crippen LogP contribution is -2.14. The van der Waals surface area contributed by atoms with E-state index in [1.807, 2.05) is 0 Å². The van der Waals surface area contributed by atoms with Crippen LogP contribution in [0.3, 0.4) is 0 Å². The number of para-hydroxylation sites is 1. The topological polar surface area (TPSA) is 3.24 Å². The molecule has 6 aromatic rings. The molecule has 1 heteroatoms. The lowest BCUT2D eigenvalue weighted by Gasteiger charge is -2.24. The van der Waals surface area contributed by atoms with Gasteiger partial charge < -0.3 is 4.90 Å². The molecule has 0 aromatic heterocycles. The molecule has 8 rings (SSSR count). The minimum atomic E-state index is 0.0140. The van der Waals surface area contributed by atoms with Crippen LogP contribution >= 0.6 is 0 Å². The molecule has 0 heterocycles. The lowest BCUT2D eigenvalue weighted by molar-refractivity contribution is 0.660. The Labute approximate surface area is 248 Å². The average molecular weight is 540 g/mol. The van der Waals surface area contributed by atoms with E-state index >= 15 is 0 Å². The number of anilines is 2. The number of benzene rings is 6. The van der Waals surface area contributed by atoms with Crippen LogP contribution in [-0.4, -0.2) is 7.05 Å². The molecular formula is C41H33N. The van der Waals surface area contributed by atoms with Gasteiger partial charge in [0, 0.05) is 29.4 Å². The van der Waals surface area contributed by atoms with Gasteiger partial charge in [-0.3, -0.25) is 0 Å². The zero-order valence-corrected chi connectivity index (χ0v) is 24.4. The normalized spacial score (nSPS) is 13.7. The maximum absolute atomic E-state index is 2.40. The standard InChI is InChI=1S/C41H33N/c1-41(2)37-18-9-7-16-34(37)36-25-29(21-23-38(36)41)32-15-8-10-19-39(32)42(3)31-22-20-28-24-30-14-11-17-33(40(30)35(28)26-31)27-12-5-4-6-13-27/h4-23,25-26H,24H2,1-3H3. The molecule has 0 aliphatic heterocycles. The summed E-state index contributed by atoms with van der Waals surface area (Å²) in [7, 11) is 2.20. The van der Waals surface area contributed by atoms with E-state index in [1.165, 1.54) is 78.1 Å². The molecule has 0 radical (unpaired) electrons. The molecule has 6 aromatic carbocycles. The van der Waals surface area contributed by atoms with Crippen LogP contribution < -0.4 is 4.90 Å². The second-order valence-electron chi connectivity index (χ2n) is 12.2. The van der Waals surface area contributed by atoms with E-state index in [4.69, 9.17) is 0 Å². The zero-order valence-electron chi connectivity index (χ0n) is 24.4. The molecular weight excluding hydrogens is 506 g/mol. The second-order valence-corrected chi connectivity index (χ2v) is 12.2. The summed E-state index contributed by atoms with van der Waals surface area (Å²) < 4.78 is 0. The Morgan fingerprint density at radius 1 is 0.500 bits per heavy atom. The summed E-state index contributed by atoms with van der Waals surface area (Å²) in [5, 5.41) is 0. The predicted molar refractivity (Wildman–Crippen MR) is 178 cm³/mol. The molecule has 1 nitrogen and oxygen atoms in total. The fraction of sp³-hybridized carbons (Fsp3) is 0.122. The van der Waals surface area contributed by atoms with Crippen molar-refractivity contribution in [1.82, 2.24) is 0 Å². The third-order valence-corrected chi connectivity index (χ3v) is 9.53. The van der Waals surface area contributed by atoms with Crippen molar-refractivity contribution in [1.29, 1.82) is 0 Å². The molecule has 42 heavy (non-hydrogen) atoms. The lowest BCUT2D eigenvalue weighted by atomic mass is 9.82. The first kappa shape index (κ1) is 24.9. The summed E-state index contributed by atoms with van der Waals surface area (Å²) in [5.74, 6) is 0. The van der Waals surface area contributed by atoms with Crippen LogP contribution in [-0.2, 0) is 11.8 Å². The molecule has 0 saturated heterocycles. The zero-order chi connectivity index (χ0) is 28.4. The molecule has 2 aliphatic rings. The molecule has 0 N–H and O–H groups in total. The number of nitrogens with zero attached hydrogens (tertiary/aromatic N) is 1. The maximum atomic E-state index is 2.40. The molecule has 202 valence electrons. The highest BCUT2D eigenvalue weighted by atomic mass is 15.1. The van der Waals surface area contributed by atoms with Gasteiger partial charge in [-0.15, -0.1) is 0 Å². The summed E-state index contributed by atoms with van der Waals surface area (Å²) in [6.45, 7) is 4.68. The smallest absolute Gasteiger partial charge is 0.0487 e. The molecule has 2 aliphatic carbocycles. The molecule has 0 fully saturated rings. The highest BCUT2D eigenvalue weighted by Gasteiger charge is 2.35. The fourth-order valence-corrected chi connectivity index (χ4v) is 7.33. The van der Waals surface area contributed by atoms with E-state index in [2.05, 4.69) is 159 Å².